The van der Waals surface area contributed by atoms with E-state index in [1.165, 1.54) is 0 Å². The van der Waals surface area contributed by atoms with Crippen LogP contribution in [0.15, 0.2) is 28.7 Å². The molecule has 1 aromatic rings. The second kappa shape index (κ2) is 6.55. The molecule has 2 rings (SSSR count). The summed E-state index contributed by atoms with van der Waals surface area (Å²) >= 11 is 3.35. The average molecular weight is 357 g/mol. The van der Waals surface area contributed by atoms with Gasteiger partial charge in [-0.05, 0) is 25.1 Å². The van der Waals surface area contributed by atoms with Gasteiger partial charge in [0, 0.05) is 23.2 Å². The molecule has 1 aromatic carbocycles. The number of hydrogen-bond donors (Lipinski definition) is 2. The monoisotopic (exact) mass is 356 g/mol. The van der Waals surface area contributed by atoms with Crippen LogP contribution in [0.4, 0.5) is 5.69 Å². The molecule has 0 unspecified atom stereocenters. The van der Waals surface area contributed by atoms with E-state index in [4.69, 9.17) is 9.84 Å². The number of anilines is 1. The Hall–Kier alpha value is -1.44. The van der Waals surface area contributed by atoms with Crippen LogP contribution in [0.5, 0.6) is 0 Å². The summed E-state index contributed by atoms with van der Waals surface area (Å²) in [6.45, 7) is 2.89. The quantitative estimate of drug-likeness (QED) is 0.808. The van der Waals surface area contributed by atoms with Gasteiger partial charge in [0.2, 0.25) is 5.91 Å². The maximum Gasteiger partial charge on any atom is 0.329 e. The van der Waals surface area contributed by atoms with Crippen LogP contribution in [-0.4, -0.2) is 53.7 Å². The first-order valence-electron chi connectivity index (χ1n) is 6.50. The van der Waals surface area contributed by atoms with Gasteiger partial charge < -0.3 is 15.2 Å². The van der Waals surface area contributed by atoms with E-state index in [0.29, 0.717) is 13.1 Å². The number of nitrogens with one attached hydrogen (secondary N) is 1. The Bertz CT molecular complexity index is 544. The Morgan fingerprint density at radius 1 is 1.48 bits per heavy atom. The zero-order valence-electron chi connectivity index (χ0n) is 11.6. The van der Waals surface area contributed by atoms with E-state index < -0.39 is 11.6 Å². The highest BCUT2D eigenvalue weighted by Gasteiger charge is 2.40. The molecule has 1 saturated heterocycles. The number of carbonyl (C=O) groups is 2. The van der Waals surface area contributed by atoms with Gasteiger partial charge in [-0.3, -0.25) is 9.69 Å². The van der Waals surface area contributed by atoms with E-state index in [-0.39, 0.29) is 19.1 Å². The highest BCUT2D eigenvalue weighted by Crippen LogP contribution is 2.24. The van der Waals surface area contributed by atoms with Gasteiger partial charge >= 0.3 is 5.97 Å². The summed E-state index contributed by atoms with van der Waals surface area (Å²) in [6.07, 6.45) is 0. The summed E-state index contributed by atoms with van der Waals surface area (Å²) in [5.41, 5.74) is 0.258. The highest BCUT2D eigenvalue weighted by molar-refractivity contribution is 9.10. The smallest absolute Gasteiger partial charge is 0.329 e. The minimum absolute atomic E-state index is 0.103. The van der Waals surface area contributed by atoms with Crippen LogP contribution in [-0.2, 0) is 14.3 Å². The number of hydrogen-bond acceptors (Lipinski definition) is 4. The van der Waals surface area contributed by atoms with Crippen molar-refractivity contribution in [1.82, 2.24) is 4.90 Å². The molecule has 1 heterocycles. The first-order chi connectivity index (χ1) is 9.86. The van der Waals surface area contributed by atoms with Gasteiger partial charge in [0.25, 0.3) is 0 Å². The molecule has 1 amide bonds. The van der Waals surface area contributed by atoms with Crippen LogP contribution in [0.1, 0.15) is 6.92 Å². The molecule has 0 bridgehead atoms. The number of ether oxygens (including phenoxy) is 1. The van der Waals surface area contributed by atoms with Gasteiger partial charge in [0.05, 0.1) is 12.1 Å². The van der Waals surface area contributed by atoms with Crippen LogP contribution >= 0.6 is 15.9 Å². The van der Waals surface area contributed by atoms with E-state index in [2.05, 4.69) is 21.2 Å². The summed E-state index contributed by atoms with van der Waals surface area (Å²) < 4.78 is 6.20. The van der Waals surface area contributed by atoms with Gasteiger partial charge in [-0.15, -0.1) is 0 Å². The number of likely N-dealkylation sites (tertiary alicyclic amines) is 1. The van der Waals surface area contributed by atoms with E-state index in [1.54, 1.807) is 0 Å². The van der Waals surface area contributed by atoms with Crippen LogP contribution in [0.25, 0.3) is 0 Å². The molecule has 0 saturated carbocycles. The topological polar surface area (TPSA) is 78.9 Å². The Labute approximate surface area is 131 Å². The fourth-order valence-electron chi connectivity index (χ4n) is 2.31. The molecule has 114 valence electrons. The predicted molar refractivity (Wildman–Crippen MR) is 81.2 cm³/mol. The second-order valence-corrected chi connectivity index (χ2v) is 6.25. The molecular formula is C14H17BrN2O4. The number of nitrogens with zero attached hydrogens (tertiary/aromatic N) is 1. The van der Waals surface area contributed by atoms with Crippen molar-refractivity contribution in [3.8, 4) is 0 Å². The Morgan fingerprint density at radius 2 is 2.19 bits per heavy atom. The lowest BCUT2D eigenvalue weighted by atomic mass is 9.96. The summed E-state index contributed by atoms with van der Waals surface area (Å²) in [6, 6.07) is 7.38. The third kappa shape index (κ3) is 4.80. The normalized spacial score (nSPS) is 17.0. The van der Waals surface area contributed by atoms with Crippen molar-refractivity contribution < 1.29 is 19.4 Å². The van der Waals surface area contributed by atoms with Crippen molar-refractivity contribution in [2.75, 3.05) is 31.6 Å². The first kappa shape index (κ1) is 15.9. The van der Waals surface area contributed by atoms with E-state index in [9.17, 15) is 9.59 Å². The number of carbonyl (C=O) groups excluding carboxylic acids is 1. The van der Waals surface area contributed by atoms with Crippen LogP contribution in [0, 0.1) is 0 Å². The first-order valence-corrected chi connectivity index (χ1v) is 7.29. The van der Waals surface area contributed by atoms with Gasteiger partial charge in [-0.25, -0.2) is 4.79 Å². The Kier molecular flexibility index (Phi) is 4.97. The molecule has 6 nitrogen and oxygen atoms in total. The van der Waals surface area contributed by atoms with Crippen molar-refractivity contribution in [1.29, 1.82) is 0 Å². The van der Waals surface area contributed by atoms with Gasteiger partial charge in [-0.2, -0.15) is 0 Å². The SMILES string of the molecule is CC1(OCC(=O)O)CN(CC(=O)Nc2cccc(Br)c2)C1. The molecule has 0 spiro atoms. The van der Waals surface area contributed by atoms with Crippen molar-refractivity contribution in [2.24, 2.45) is 0 Å². The molecule has 0 aliphatic carbocycles. The molecule has 21 heavy (non-hydrogen) atoms. The number of carboxylic acid groups (broad SMARTS) is 1. The van der Waals surface area contributed by atoms with Crippen molar-refractivity contribution in [2.45, 2.75) is 12.5 Å². The number of rotatable bonds is 6. The lowest BCUT2D eigenvalue weighted by molar-refractivity contribution is -0.165. The maximum absolute atomic E-state index is 11.9. The van der Waals surface area contributed by atoms with Crippen molar-refractivity contribution in [3.05, 3.63) is 28.7 Å². The fourth-order valence-corrected chi connectivity index (χ4v) is 2.71. The number of halogens is 1. The van der Waals surface area contributed by atoms with Crippen LogP contribution < -0.4 is 5.32 Å². The summed E-state index contributed by atoms with van der Waals surface area (Å²) in [5, 5.41) is 11.4. The van der Waals surface area contributed by atoms with Gasteiger partial charge in [-0.1, -0.05) is 22.0 Å². The fraction of sp³-hybridized carbons (Fsp3) is 0.429. The summed E-state index contributed by atoms with van der Waals surface area (Å²) in [4.78, 5) is 24.3. The lowest BCUT2D eigenvalue weighted by Gasteiger charge is -2.46. The van der Waals surface area contributed by atoms with Gasteiger partial charge in [0.15, 0.2) is 0 Å². The van der Waals surface area contributed by atoms with E-state index in [0.717, 1.165) is 10.2 Å². The third-order valence-corrected chi connectivity index (χ3v) is 3.63. The van der Waals surface area contributed by atoms with Crippen LogP contribution in [0.3, 0.4) is 0 Å². The predicted octanol–water partition coefficient (Wildman–Crippen LogP) is 1.56. The third-order valence-electron chi connectivity index (χ3n) is 3.14. The zero-order valence-corrected chi connectivity index (χ0v) is 13.2. The molecule has 0 radical (unpaired) electrons. The summed E-state index contributed by atoms with van der Waals surface area (Å²) in [7, 11) is 0. The number of aliphatic carboxylic acids is 1. The average Bonchev–Trinajstić information content (AvgIpc) is 2.34. The minimum atomic E-state index is -0.984. The molecule has 2 N–H and O–H groups in total. The van der Waals surface area contributed by atoms with Gasteiger partial charge in [0.1, 0.15) is 6.61 Å². The molecular weight excluding hydrogens is 340 g/mol. The Balaban J connectivity index is 1.74. The molecule has 1 fully saturated rings. The molecule has 1 aliphatic heterocycles. The maximum atomic E-state index is 11.9. The molecule has 1 aliphatic rings. The van der Waals surface area contributed by atoms with Crippen molar-refractivity contribution >= 4 is 33.5 Å². The zero-order chi connectivity index (χ0) is 15.5. The number of carboxylic acids is 1. The Morgan fingerprint density at radius 3 is 2.81 bits per heavy atom. The standard InChI is InChI=1S/C14H17BrN2O4/c1-14(21-7-13(19)20)8-17(9-14)6-12(18)16-11-4-2-3-10(15)5-11/h2-5H,6-9H2,1H3,(H,16,18)(H,19,20). The number of benzene rings is 1. The van der Waals surface area contributed by atoms with Crippen LogP contribution in [0.2, 0.25) is 0 Å². The molecule has 7 heteroatoms. The lowest BCUT2D eigenvalue weighted by Crippen LogP contribution is -2.63. The van der Waals surface area contributed by atoms with E-state index >= 15 is 0 Å². The molecule has 0 atom stereocenters. The largest absolute Gasteiger partial charge is 0.480 e. The molecule has 0 aromatic heterocycles. The van der Waals surface area contributed by atoms with E-state index in [1.807, 2.05) is 36.1 Å². The number of amides is 1. The second-order valence-electron chi connectivity index (χ2n) is 5.34. The van der Waals surface area contributed by atoms with Crippen molar-refractivity contribution in [3.63, 3.8) is 0 Å². The summed E-state index contributed by atoms with van der Waals surface area (Å²) in [5.74, 6) is -1.09. The minimum Gasteiger partial charge on any atom is -0.480 e. The highest BCUT2D eigenvalue weighted by atomic mass is 79.9.